The van der Waals surface area contributed by atoms with Crippen molar-refractivity contribution in [3.63, 3.8) is 0 Å². The smallest absolute Gasteiger partial charge is 0.248 e. The van der Waals surface area contributed by atoms with Crippen molar-refractivity contribution in [1.29, 1.82) is 0 Å². The Labute approximate surface area is 234 Å². The maximum Gasteiger partial charge on any atom is 0.248 e. The molecule has 5 rings (SSSR count). The lowest BCUT2D eigenvalue weighted by Crippen LogP contribution is -2.47. The number of amides is 2. The van der Waals surface area contributed by atoms with Crippen LogP contribution in [0.5, 0.6) is 5.75 Å². The van der Waals surface area contributed by atoms with Crippen molar-refractivity contribution >= 4 is 34.2 Å². The van der Waals surface area contributed by atoms with E-state index in [0.29, 0.717) is 22.6 Å². The average Bonchev–Trinajstić information content (AvgIpc) is 3.39. The van der Waals surface area contributed by atoms with Crippen LogP contribution in [0.25, 0.3) is 10.9 Å². The molecule has 1 atom stereocenters. The van der Waals surface area contributed by atoms with Gasteiger partial charge in [-0.25, -0.2) is 0 Å². The van der Waals surface area contributed by atoms with E-state index >= 15 is 0 Å². The number of rotatable bonds is 9. The topological polar surface area (TPSA) is 91.5 Å². The number of fused-ring (bicyclic) bond motifs is 1. The molecule has 1 fully saturated rings. The molecule has 206 valence electrons. The highest BCUT2D eigenvalue weighted by atomic mass is 16.5. The summed E-state index contributed by atoms with van der Waals surface area (Å²) in [5.74, 6) is 0.155. The van der Waals surface area contributed by atoms with E-state index in [4.69, 9.17) is 4.74 Å². The van der Waals surface area contributed by atoms with E-state index in [1.165, 1.54) is 13.3 Å². The van der Waals surface area contributed by atoms with Crippen LogP contribution in [0.2, 0.25) is 0 Å². The van der Waals surface area contributed by atoms with Crippen LogP contribution in [0, 0.1) is 0 Å². The molecular weight excluding hydrogens is 502 g/mol. The van der Waals surface area contributed by atoms with Crippen LogP contribution >= 0.6 is 0 Å². The molecular formula is C33H35N3O4. The number of methoxy groups -OCH3 is 1. The van der Waals surface area contributed by atoms with E-state index in [-0.39, 0.29) is 30.1 Å². The summed E-state index contributed by atoms with van der Waals surface area (Å²) < 4.78 is 5.35. The van der Waals surface area contributed by atoms with Crippen LogP contribution in [0.3, 0.4) is 0 Å². The molecule has 0 spiro atoms. The fraction of sp³-hybridized carbons (Fsp3) is 0.303. The molecule has 2 amide bonds. The third kappa shape index (κ3) is 5.93. The second-order valence-corrected chi connectivity index (χ2v) is 10.4. The van der Waals surface area contributed by atoms with Crippen LogP contribution < -0.4 is 15.0 Å². The number of ether oxygens (including phenoxy) is 1. The molecule has 7 heteroatoms. The summed E-state index contributed by atoms with van der Waals surface area (Å²) in [7, 11) is 1.59. The van der Waals surface area contributed by atoms with E-state index in [2.05, 4.69) is 10.3 Å². The third-order valence-electron chi connectivity index (χ3n) is 7.73. The number of nitrogens with zero attached hydrogens (tertiary/aromatic N) is 1. The maximum atomic E-state index is 14.2. The van der Waals surface area contributed by atoms with E-state index in [0.717, 1.165) is 42.1 Å². The summed E-state index contributed by atoms with van der Waals surface area (Å²) >= 11 is 0. The van der Waals surface area contributed by atoms with Crippen LogP contribution in [0.1, 0.15) is 66.6 Å². The summed E-state index contributed by atoms with van der Waals surface area (Å²) in [6.45, 7) is 1.51. The summed E-state index contributed by atoms with van der Waals surface area (Å²) in [6.07, 6.45) is 7.13. The van der Waals surface area contributed by atoms with E-state index in [9.17, 15) is 14.4 Å². The number of carbonyl (C=O) groups is 3. The lowest BCUT2D eigenvalue weighted by atomic mass is 9.94. The summed E-state index contributed by atoms with van der Waals surface area (Å²) in [5, 5.41) is 4.21. The predicted octanol–water partition coefficient (Wildman–Crippen LogP) is 6.15. The first-order valence-electron chi connectivity index (χ1n) is 13.9. The van der Waals surface area contributed by atoms with Gasteiger partial charge in [-0.3, -0.25) is 19.3 Å². The van der Waals surface area contributed by atoms with Crippen molar-refractivity contribution in [2.75, 3.05) is 12.0 Å². The largest absolute Gasteiger partial charge is 0.497 e. The molecule has 1 aromatic heterocycles. The zero-order chi connectivity index (χ0) is 28.1. The molecule has 1 heterocycles. The molecule has 1 unspecified atom stereocenters. The first-order chi connectivity index (χ1) is 19.4. The van der Waals surface area contributed by atoms with E-state index in [1.54, 1.807) is 48.4 Å². The van der Waals surface area contributed by atoms with Crippen LogP contribution in [0.15, 0.2) is 79.0 Å². The second-order valence-electron chi connectivity index (χ2n) is 10.4. The molecule has 0 bridgehead atoms. The molecule has 0 aliphatic heterocycles. The van der Waals surface area contributed by atoms with Gasteiger partial charge in [0.15, 0.2) is 5.78 Å². The lowest BCUT2D eigenvalue weighted by molar-refractivity contribution is -0.127. The van der Waals surface area contributed by atoms with Crippen LogP contribution in [-0.2, 0) is 16.0 Å². The molecule has 1 saturated carbocycles. The van der Waals surface area contributed by atoms with Gasteiger partial charge in [-0.1, -0.05) is 49.6 Å². The molecule has 40 heavy (non-hydrogen) atoms. The molecule has 4 aromatic rings. The van der Waals surface area contributed by atoms with Gasteiger partial charge in [0.25, 0.3) is 0 Å². The Balaban J connectivity index is 1.57. The van der Waals surface area contributed by atoms with Gasteiger partial charge in [-0.2, -0.15) is 0 Å². The summed E-state index contributed by atoms with van der Waals surface area (Å²) in [4.78, 5) is 45.1. The number of anilines is 1. The average molecular weight is 538 g/mol. The zero-order valence-electron chi connectivity index (χ0n) is 23.0. The minimum absolute atomic E-state index is 0.0648. The number of hydrogen-bond donors (Lipinski definition) is 2. The van der Waals surface area contributed by atoms with Gasteiger partial charge in [0.2, 0.25) is 11.8 Å². The minimum Gasteiger partial charge on any atom is -0.497 e. The highest BCUT2D eigenvalue weighted by Crippen LogP contribution is 2.32. The van der Waals surface area contributed by atoms with E-state index < -0.39 is 6.04 Å². The number of H-pyrrole nitrogens is 1. The fourth-order valence-electron chi connectivity index (χ4n) is 5.55. The van der Waals surface area contributed by atoms with Crippen molar-refractivity contribution in [3.05, 3.63) is 95.7 Å². The highest BCUT2D eigenvalue weighted by Gasteiger charge is 2.34. The Morgan fingerprint density at radius 2 is 1.65 bits per heavy atom. The van der Waals surface area contributed by atoms with Crippen molar-refractivity contribution in [2.24, 2.45) is 0 Å². The SMILES string of the molecule is COc1ccc(C(C(=O)NC2CCCCC2)N(C(=O)Cc2c[nH]c3ccccc23)c2ccc(C(C)=O)cc2)cc1. The van der Waals surface area contributed by atoms with Gasteiger partial charge in [0, 0.05) is 34.4 Å². The van der Waals surface area contributed by atoms with Gasteiger partial charge < -0.3 is 15.0 Å². The highest BCUT2D eigenvalue weighted by molar-refractivity contribution is 6.04. The van der Waals surface area contributed by atoms with Crippen LogP contribution in [0.4, 0.5) is 5.69 Å². The number of nitrogens with one attached hydrogen (secondary N) is 2. The fourth-order valence-corrected chi connectivity index (χ4v) is 5.55. The summed E-state index contributed by atoms with van der Waals surface area (Å²) in [6, 6.07) is 21.2. The number of benzene rings is 3. The Kier molecular flexibility index (Phi) is 8.29. The number of carbonyl (C=O) groups excluding carboxylic acids is 3. The summed E-state index contributed by atoms with van der Waals surface area (Å²) in [5.41, 5.74) is 3.57. The van der Waals surface area contributed by atoms with Gasteiger partial charge in [-0.05, 0) is 73.4 Å². The van der Waals surface area contributed by atoms with Gasteiger partial charge in [0.1, 0.15) is 11.8 Å². The number of para-hydroxylation sites is 1. The Morgan fingerprint density at radius 1 is 0.950 bits per heavy atom. The normalized spacial score (nSPS) is 14.4. The maximum absolute atomic E-state index is 14.2. The molecule has 2 N–H and O–H groups in total. The van der Waals surface area contributed by atoms with Crippen molar-refractivity contribution < 1.29 is 19.1 Å². The zero-order valence-corrected chi connectivity index (χ0v) is 23.0. The Morgan fingerprint density at radius 3 is 2.33 bits per heavy atom. The van der Waals surface area contributed by atoms with Gasteiger partial charge in [-0.15, -0.1) is 0 Å². The van der Waals surface area contributed by atoms with Crippen LogP contribution in [-0.4, -0.2) is 35.7 Å². The van der Waals surface area contributed by atoms with Gasteiger partial charge >= 0.3 is 0 Å². The molecule has 1 aliphatic rings. The molecule has 3 aromatic carbocycles. The molecule has 7 nitrogen and oxygen atoms in total. The number of Topliss-reactive ketones (excluding diaryl/α,β-unsaturated/α-hetero) is 1. The quantitative estimate of drug-likeness (QED) is 0.251. The van der Waals surface area contributed by atoms with Gasteiger partial charge in [0.05, 0.1) is 13.5 Å². The number of ketones is 1. The second kappa shape index (κ2) is 12.2. The molecule has 1 aliphatic carbocycles. The van der Waals surface area contributed by atoms with Crippen molar-refractivity contribution in [1.82, 2.24) is 10.3 Å². The minimum atomic E-state index is -0.909. The molecule has 0 saturated heterocycles. The standard InChI is InChI=1S/C33H35N3O4/c1-22(37)23-12-16-27(17-13-23)36(31(38)20-25-21-34-30-11-7-6-10-29(25)30)32(24-14-18-28(40-2)19-15-24)33(39)35-26-8-4-3-5-9-26/h6-7,10-19,21,26,32,34H,3-5,8-9,20H2,1-2H3,(H,35,39). The number of aromatic nitrogens is 1. The Bertz CT molecular complexity index is 1480. The lowest BCUT2D eigenvalue weighted by Gasteiger charge is -2.33. The number of hydrogen-bond acceptors (Lipinski definition) is 4. The van der Waals surface area contributed by atoms with E-state index in [1.807, 2.05) is 42.6 Å². The predicted molar refractivity (Wildman–Crippen MR) is 157 cm³/mol. The Hall–Kier alpha value is -4.39. The first kappa shape index (κ1) is 27.2. The van der Waals surface area contributed by atoms with Crippen molar-refractivity contribution in [2.45, 2.75) is 57.5 Å². The first-order valence-corrected chi connectivity index (χ1v) is 13.9. The third-order valence-corrected chi connectivity index (χ3v) is 7.73. The van der Waals surface area contributed by atoms with Crippen molar-refractivity contribution in [3.8, 4) is 5.75 Å². The molecule has 0 radical (unpaired) electrons. The number of aromatic amines is 1. The monoisotopic (exact) mass is 537 g/mol.